The van der Waals surface area contributed by atoms with Crippen molar-refractivity contribution in [1.29, 1.82) is 0 Å². The lowest BCUT2D eigenvalue weighted by molar-refractivity contribution is -0.111. The van der Waals surface area contributed by atoms with Crippen LogP contribution in [-0.2, 0) is 4.79 Å². The number of hydrogen-bond donors (Lipinski definition) is 1. The zero-order chi connectivity index (χ0) is 18.1. The summed E-state index contributed by atoms with van der Waals surface area (Å²) in [6.45, 7) is 0.923. The molecule has 1 aliphatic rings. The van der Waals surface area contributed by atoms with Gasteiger partial charge in [0.1, 0.15) is 18.9 Å². The first-order valence-electron chi connectivity index (χ1n) is 7.82. The fourth-order valence-corrected chi connectivity index (χ4v) is 3.07. The fourth-order valence-electron chi connectivity index (χ4n) is 2.62. The third-order valence-corrected chi connectivity index (χ3v) is 4.40. The Bertz CT molecular complexity index is 1030. The van der Waals surface area contributed by atoms with E-state index in [1.807, 2.05) is 24.4 Å². The number of hydrogen-bond acceptors (Lipinski definition) is 4. The maximum atomic E-state index is 12.3. The SMILES string of the molecule is O=C(/C=C/c1c(Cl)nc2ccccn12)Nc1cc2c(cc1Cl)OCCO2. The van der Waals surface area contributed by atoms with Crippen LogP contribution < -0.4 is 14.8 Å². The number of anilines is 1. The van der Waals surface area contributed by atoms with Crippen LogP contribution in [0.2, 0.25) is 10.2 Å². The largest absolute Gasteiger partial charge is 0.486 e. The normalized spacial score (nSPS) is 13.3. The van der Waals surface area contributed by atoms with Crippen LogP contribution >= 0.6 is 23.2 Å². The Balaban J connectivity index is 1.55. The van der Waals surface area contributed by atoms with Gasteiger partial charge in [-0.2, -0.15) is 0 Å². The average Bonchev–Trinajstić information content (AvgIpc) is 2.95. The molecule has 132 valence electrons. The predicted octanol–water partition coefficient (Wildman–Crippen LogP) is 4.06. The number of carbonyl (C=O) groups is 1. The summed E-state index contributed by atoms with van der Waals surface area (Å²) in [4.78, 5) is 16.5. The molecule has 2 aromatic heterocycles. The molecule has 0 saturated heterocycles. The molecule has 26 heavy (non-hydrogen) atoms. The second-order valence-corrected chi connectivity index (χ2v) is 6.28. The molecule has 1 aromatic carbocycles. The van der Waals surface area contributed by atoms with Crippen molar-refractivity contribution in [2.24, 2.45) is 0 Å². The quantitative estimate of drug-likeness (QED) is 0.685. The number of halogens is 2. The van der Waals surface area contributed by atoms with E-state index in [2.05, 4.69) is 10.3 Å². The smallest absolute Gasteiger partial charge is 0.248 e. The van der Waals surface area contributed by atoms with Crippen molar-refractivity contribution in [3.63, 3.8) is 0 Å². The molecule has 8 heteroatoms. The van der Waals surface area contributed by atoms with Crippen LogP contribution in [0.1, 0.15) is 5.69 Å². The lowest BCUT2D eigenvalue weighted by atomic mass is 10.2. The van der Waals surface area contributed by atoms with E-state index in [0.717, 1.165) is 0 Å². The van der Waals surface area contributed by atoms with Crippen molar-refractivity contribution < 1.29 is 14.3 Å². The summed E-state index contributed by atoms with van der Waals surface area (Å²) in [5.41, 5.74) is 1.76. The molecule has 1 N–H and O–H groups in total. The van der Waals surface area contributed by atoms with Gasteiger partial charge in [0.25, 0.3) is 0 Å². The van der Waals surface area contributed by atoms with E-state index in [4.69, 9.17) is 32.7 Å². The van der Waals surface area contributed by atoms with Gasteiger partial charge in [0.15, 0.2) is 16.7 Å². The molecule has 6 nitrogen and oxygen atoms in total. The van der Waals surface area contributed by atoms with Crippen LogP contribution in [0, 0.1) is 0 Å². The summed E-state index contributed by atoms with van der Waals surface area (Å²) in [6, 6.07) is 8.82. The molecule has 0 spiro atoms. The highest BCUT2D eigenvalue weighted by molar-refractivity contribution is 6.34. The van der Waals surface area contributed by atoms with Gasteiger partial charge in [-0.3, -0.25) is 9.20 Å². The van der Waals surface area contributed by atoms with E-state index in [1.165, 1.54) is 6.08 Å². The van der Waals surface area contributed by atoms with E-state index >= 15 is 0 Å². The minimum Gasteiger partial charge on any atom is -0.486 e. The molecule has 0 fully saturated rings. The van der Waals surface area contributed by atoms with Gasteiger partial charge in [-0.1, -0.05) is 29.3 Å². The first-order valence-corrected chi connectivity index (χ1v) is 8.58. The number of amides is 1. The molecule has 0 radical (unpaired) electrons. The standard InChI is InChI=1S/C18H13Cl2N3O3/c19-11-9-14-15(26-8-7-25-14)10-12(11)21-17(24)5-4-13-18(20)22-16-3-1-2-6-23(13)16/h1-6,9-10H,7-8H2,(H,21,24)/b5-4+. The van der Waals surface area contributed by atoms with Crippen LogP contribution in [0.15, 0.2) is 42.6 Å². The van der Waals surface area contributed by atoms with E-state index in [1.54, 1.807) is 22.6 Å². The van der Waals surface area contributed by atoms with Crippen LogP contribution in [0.5, 0.6) is 11.5 Å². The van der Waals surface area contributed by atoms with Gasteiger partial charge in [0, 0.05) is 24.4 Å². The van der Waals surface area contributed by atoms with Crippen molar-refractivity contribution in [2.75, 3.05) is 18.5 Å². The molecular formula is C18H13Cl2N3O3. The molecule has 3 heterocycles. The average molecular weight is 390 g/mol. The first-order chi connectivity index (χ1) is 12.6. The number of aromatic nitrogens is 2. The molecular weight excluding hydrogens is 377 g/mol. The number of nitrogens with zero attached hydrogens (tertiary/aromatic N) is 2. The van der Waals surface area contributed by atoms with E-state index in [-0.39, 0.29) is 5.91 Å². The minimum atomic E-state index is -0.356. The van der Waals surface area contributed by atoms with Gasteiger partial charge in [0.05, 0.1) is 16.4 Å². The Kier molecular flexibility index (Phi) is 4.44. The van der Waals surface area contributed by atoms with Crippen molar-refractivity contribution >= 4 is 46.5 Å². The number of nitrogens with one attached hydrogen (secondary N) is 1. The van der Waals surface area contributed by atoms with E-state index in [0.29, 0.717) is 51.9 Å². The number of imidazole rings is 1. The fraction of sp³-hybridized carbons (Fsp3) is 0.111. The highest BCUT2D eigenvalue weighted by atomic mass is 35.5. The van der Waals surface area contributed by atoms with Gasteiger partial charge in [-0.05, 0) is 18.2 Å². The summed E-state index contributed by atoms with van der Waals surface area (Å²) in [7, 11) is 0. The number of ether oxygens (including phenoxy) is 2. The van der Waals surface area contributed by atoms with Crippen LogP contribution in [0.25, 0.3) is 11.7 Å². The second-order valence-electron chi connectivity index (χ2n) is 5.51. The molecule has 0 saturated carbocycles. The highest BCUT2D eigenvalue weighted by Crippen LogP contribution is 2.37. The monoisotopic (exact) mass is 389 g/mol. The summed E-state index contributed by atoms with van der Waals surface area (Å²) in [5, 5.41) is 3.41. The van der Waals surface area contributed by atoms with Crippen LogP contribution in [0.4, 0.5) is 5.69 Å². The van der Waals surface area contributed by atoms with Gasteiger partial charge in [0.2, 0.25) is 5.91 Å². The molecule has 0 unspecified atom stereocenters. The Morgan fingerprint density at radius 3 is 2.77 bits per heavy atom. The van der Waals surface area contributed by atoms with Crippen molar-refractivity contribution in [2.45, 2.75) is 0 Å². The molecule has 1 amide bonds. The van der Waals surface area contributed by atoms with E-state index in [9.17, 15) is 4.79 Å². The maximum Gasteiger partial charge on any atom is 0.248 e. The molecule has 4 rings (SSSR count). The number of pyridine rings is 1. The van der Waals surface area contributed by atoms with Crippen LogP contribution in [0.3, 0.4) is 0 Å². The van der Waals surface area contributed by atoms with Gasteiger partial charge in [-0.25, -0.2) is 4.98 Å². The molecule has 0 bridgehead atoms. The molecule has 3 aromatic rings. The highest BCUT2D eigenvalue weighted by Gasteiger charge is 2.16. The number of carbonyl (C=O) groups excluding carboxylic acids is 1. The summed E-state index contributed by atoms with van der Waals surface area (Å²) < 4.78 is 12.8. The Labute approximate surface area is 159 Å². The van der Waals surface area contributed by atoms with E-state index < -0.39 is 0 Å². The van der Waals surface area contributed by atoms with Crippen molar-refractivity contribution in [3.8, 4) is 11.5 Å². The second kappa shape index (κ2) is 6.90. The predicted molar refractivity (Wildman–Crippen MR) is 100 cm³/mol. The van der Waals surface area contributed by atoms with Gasteiger partial charge >= 0.3 is 0 Å². The minimum absolute atomic E-state index is 0.317. The molecule has 0 aliphatic carbocycles. The Morgan fingerprint density at radius 2 is 1.96 bits per heavy atom. The van der Waals surface area contributed by atoms with Crippen LogP contribution in [-0.4, -0.2) is 28.5 Å². The first kappa shape index (κ1) is 16.8. The summed E-state index contributed by atoms with van der Waals surface area (Å²) in [5.74, 6) is 0.752. The van der Waals surface area contributed by atoms with Gasteiger partial charge in [-0.15, -0.1) is 0 Å². The third-order valence-electron chi connectivity index (χ3n) is 3.80. The number of rotatable bonds is 3. The molecule has 1 aliphatic heterocycles. The Hall–Kier alpha value is -2.70. The van der Waals surface area contributed by atoms with Crippen molar-refractivity contribution in [1.82, 2.24) is 9.38 Å². The zero-order valence-electron chi connectivity index (χ0n) is 13.4. The lowest BCUT2D eigenvalue weighted by Crippen LogP contribution is -2.16. The zero-order valence-corrected chi connectivity index (χ0v) is 14.9. The van der Waals surface area contributed by atoms with Gasteiger partial charge < -0.3 is 14.8 Å². The summed E-state index contributed by atoms with van der Waals surface area (Å²) in [6.07, 6.45) is 4.79. The lowest BCUT2D eigenvalue weighted by Gasteiger charge is -2.19. The molecule has 0 atom stereocenters. The van der Waals surface area contributed by atoms with Crippen molar-refractivity contribution in [3.05, 3.63) is 58.5 Å². The number of fused-ring (bicyclic) bond motifs is 2. The number of benzene rings is 1. The third kappa shape index (κ3) is 3.21. The maximum absolute atomic E-state index is 12.3. The summed E-state index contributed by atoms with van der Waals surface area (Å²) >= 11 is 12.3. The topological polar surface area (TPSA) is 64.9 Å². The Morgan fingerprint density at radius 1 is 1.19 bits per heavy atom.